The molecule has 0 radical (unpaired) electrons. The number of carbonyl (C=O) groups is 1. The fourth-order valence-corrected chi connectivity index (χ4v) is 1.31. The molecule has 17 heavy (non-hydrogen) atoms. The molecule has 0 aromatic rings. The van der Waals surface area contributed by atoms with E-state index < -0.39 is 36.7 Å². The van der Waals surface area contributed by atoms with Gasteiger partial charge in [0, 0.05) is 12.5 Å². The van der Waals surface area contributed by atoms with E-state index in [1.54, 1.807) is 0 Å². The second-order valence-electron chi connectivity index (χ2n) is 3.48. The molecule has 1 aliphatic rings. The zero-order valence-electron chi connectivity index (χ0n) is 8.52. The number of carbonyl (C=O) groups excluding carboxylic acids is 1. The predicted molar refractivity (Wildman–Crippen MR) is 45.5 cm³/mol. The van der Waals surface area contributed by atoms with Crippen LogP contribution in [0.5, 0.6) is 0 Å². The van der Waals surface area contributed by atoms with Crippen molar-refractivity contribution in [2.75, 3.05) is 13.2 Å². The predicted octanol–water partition coefficient (Wildman–Crippen LogP) is 2.07. The van der Waals surface area contributed by atoms with Crippen molar-refractivity contribution in [3.63, 3.8) is 0 Å². The molecule has 1 rings (SSSR count). The van der Waals surface area contributed by atoms with Crippen LogP contribution in [0.4, 0.5) is 22.0 Å². The minimum absolute atomic E-state index is 0.239. The molecule has 0 saturated carbocycles. The van der Waals surface area contributed by atoms with E-state index in [4.69, 9.17) is 0 Å². The first-order valence-electron chi connectivity index (χ1n) is 4.54. The summed E-state index contributed by atoms with van der Waals surface area (Å²) in [5.74, 6) is -6.16. The Kier molecular flexibility index (Phi) is 3.47. The quantitative estimate of drug-likeness (QED) is 0.441. The third kappa shape index (κ3) is 2.26. The van der Waals surface area contributed by atoms with E-state index in [2.05, 4.69) is 16.1 Å². The summed E-state index contributed by atoms with van der Waals surface area (Å²) in [6, 6.07) is 0. The lowest BCUT2D eigenvalue weighted by Crippen LogP contribution is -2.66. The van der Waals surface area contributed by atoms with Crippen LogP contribution in [0.2, 0.25) is 0 Å². The highest BCUT2D eigenvalue weighted by molar-refractivity contribution is 5.81. The van der Waals surface area contributed by atoms with Crippen molar-refractivity contribution in [1.29, 1.82) is 0 Å². The Hall–Kier alpha value is -1.18. The molecule has 98 valence electrons. The van der Waals surface area contributed by atoms with E-state index in [1.165, 1.54) is 0 Å². The minimum atomic E-state index is -5.76. The maximum Gasteiger partial charge on any atom is 0.456 e. The summed E-state index contributed by atoms with van der Waals surface area (Å²) >= 11 is 0. The molecule has 1 aliphatic heterocycles. The van der Waals surface area contributed by atoms with Gasteiger partial charge < -0.3 is 9.47 Å². The first kappa shape index (κ1) is 13.9. The average Bonchev–Trinajstić information content (AvgIpc) is 2.13. The lowest BCUT2D eigenvalue weighted by molar-refractivity contribution is -0.382. The fourth-order valence-electron chi connectivity index (χ4n) is 1.31. The van der Waals surface area contributed by atoms with Crippen molar-refractivity contribution in [3.05, 3.63) is 12.7 Å². The van der Waals surface area contributed by atoms with Crippen molar-refractivity contribution in [2.24, 2.45) is 0 Å². The Morgan fingerprint density at radius 1 is 1.41 bits per heavy atom. The van der Waals surface area contributed by atoms with Crippen LogP contribution >= 0.6 is 0 Å². The van der Waals surface area contributed by atoms with Gasteiger partial charge in [-0.25, -0.2) is 4.79 Å². The van der Waals surface area contributed by atoms with E-state index in [-0.39, 0.29) is 6.61 Å². The SMILES string of the molecule is C=CC(=O)OCC1(C(F)(F)C(F)(F)F)CCO1. The van der Waals surface area contributed by atoms with Crippen LogP contribution in [0.25, 0.3) is 0 Å². The molecule has 1 heterocycles. The van der Waals surface area contributed by atoms with E-state index in [1.807, 2.05) is 0 Å². The minimum Gasteiger partial charge on any atom is -0.459 e. The van der Waals surface area contributed by atoms with Gasteiger partial charge in [-0.3, -0.25) is 0 Å². The molecule has 0 N–H and O–H groups in total. The van der Waals surface area contributed by atoms with Crippen LogP contribution in [0, 0.1) is 0 Å². The number of esters is 1. The smallest absolute Gasteiger partial charge is 0.456 e. The van der Waals surface area contributed by atoms with Gasteiger partial charge in [-0.1, -0.05) is 6.58 Å². The maximum absolute atomic E-state index is 13.1. The normalized spacial score (nSPS) is 25.0. The van der Waals surface area contributed by atoms with Crippen molar-refractivity contribution in [3.8, 4) is 0 Å². The summed E-state index contributed by atoms with van der Waals surface area (Å²) in [5.41, 5.74) is -2.82. The number of hydrogen-bond donors (Lipinski definition) is 0. The topological polar surface area (TPSA) is 35.5 Å². The van der Waals surface area contributed by atoms with Gasteiger partial charge in [0.2, 0.25) is 0 Å². The molecule has 0 spiro atoms. The van der Waals surface area contributed by atoms with E-state index >= 15 is 0 Å². The summed E-state index contributed by atoms with van der Waals surface area (Å²) in [4.78, 5) is 10.7. The van der Waals surface area contributed by atoms with Gasteiger partial charge in [0.15, 0.2) is 5.60 Å². The first-order chi connectivity index (χ1) is 7.66. The molecule has 8 heteroatoms. The Labute approximate surface area is 93.2 Å². The highest BCUT2D eigenvalue weighted by atomic mass is 19.4. The fraction of sp³-hybridized carbons (Fsp3) is 0.667. The van der Waals surface area contributed by atoms with Crippen LogP contribution in [-0.4, -0.2) is 36.9 Å². The molecule has 0 aromatic carbocycles. The third-order valence-electron chi connectivity index (χ3n) is 2.43. The van der Waals surface area contributed by atoms with Crippen LogP contribution in [0.3, 0.4) is 0 Å². The maximum atomic E-state index is 13.1. The number of hydrogen-bond acceptors (Lipinski definition) is 3. The molecule has 1 unspecified atom stereocenters. The molecule has 0 aliphatic carbocycles. The lowest BCUT2D eigenvalue weighted by Gasteiger charge is -2.46. The van der Waals surface area contributed by atoms with E-state index in [0.717, 1.165) is 0 Å². The van der Waals surface area contributed by atoms with Crippen molar-refractivity contribution < 1.29 is 36.2 Å². The number of ether oxygens (including phenoxy) is 2. The van der Waals surface area contributed by atoms with Crippen LogP contribution in [0.15, 0.2) is 12.7 Å². The van der Waals surface area contributed by atoms with Gasteiger partial charge in [0.25, 0.3) is 0 Å². The molecular weight excluding hydrogens is 251 g/mol. The first-order valence-corrected chi connectivity index (χ1v) is 4.54. The Morgan fingerprint density at radius 2 is 1.94 bits per heavy atom. The number of rotatable bonds is 4. The molecule has 0 aromatic heterocycles. The van der Waals surface area contributed by atoms with Crippen molar-refractivity contribution in [2.45, 2.75) is 24.1 Å². The highest BCUT2D eigenvalue weighted by Crippen LogP contribution is 2.50. The standard InChI is InChI=1S/C9H9F5O3/c1-2-6(15)16-5-7(3-4-17-7)8(10,11)9(12,13)14/h2H,1,3-5H2. The largest absolute Gasteiger partial charge is 0.459 e. The number of halogens is 5. The molecule has 1 fully saturated rings. The second-order valence-corrected chi connectivity index (χ2v) is 3.48. The summed E-state index contributed by atoms with van der Waals surface area (Å²) in [6.45, 7) is 1.59. The van der Waals surface area contributed by atoms with Gasteiger partial charge in [-0.15, -0.1) is 0 Å². The molecule has 3 nitrogen and oxygen atoms in total. The summed E-state index contributed by atoms with van der Waals surface area (Å²) in [6.07, 6.45) is -5.63. The van der Waals surface area contributed by atoms with Crippen molar-refractivity contribution >= 4 is 5.97 Å². The van der Waals surface area contributed by atoms with Gasteiger partial charge in [0.1, 0.15) is 6.61 Å². The number of alkyl halides is 5. The molecule has 1 atom stereocenters. The molecular formula is C9H9F5O3. The Bertz CT molecular complexity index is 319. The molecule has 0 bridgehead atoms. The second kappa shape index (κ2) is 4.25. The van der Waals surface area contributed by atoms with E-state index in [0.29, 0.717) is 6.08 Å². The summed E-state index contributed by atoms with van der Waals surface area (Å²) < 4.78 is 71.3. The van der Waals surface area contributed by atoms with Gasteiger partial charge >= 0.3 is 18.1 Å². The molecule has 0 amide bonds. The van der Waals surface area contributed by atoms with Gasteiger partial charge in [-0.05, 0) is 0 Å². The lowest BCUT2D eigenvalue weighted by atomic mass is 9.87. The van der Waals surface area contributed by atoms with Crippen molar-refractivity contribution in [1.82, 2.24) is 0 Å². The van der Waals surface area contributed by atoms with Crippen LogP contribution < -0.4 is 0 Å². The summed E-state index contributed by atoms with van der Waals surface area (Å²) in [5, 5.41) is 0. The van der Waals surface area contributed by atoms with Gasteiger partial charge in [-0.2, -0.15) is 22.0 Å². The third-order valence-corrected chi connectivity index (χ3v) is 2.43. The zero-order chi connectivity index (χ0) is 13.3. The van der Waals surface area contributed by atoms with E-state index in [9.17, 15) is 26.7 Å². The Balaban J connectivity index is 2.82. The molecule has 1 saturated heterocycles. The van der Waals surface area contributed by atoms with Gasteiger partial charge in [0.05, 0.1) is 6.61 Å². The average molecular weight is 260 g/mol. The zero-order valence-corrected chi connectivity index (χ0v) is 8.52. The Morgan fingerprint density at radius 3 is 2.24 bits per heavy atom. The highest BCUT2D eigenvalue weighted by Gasteiger charge is 2.73. The summed E-state index contributed by atoms with van der Waals surface area (Å²) in [7, 11) is 0. The van der Waals surface area contributed by atoms with Crippen LogP contribution in [0.1, 0.15) is 6.42 Å². The monoisotopic (exact) mass is 260 g/mol. The van der Waals surface area contributed by atoms with Crippen LogP contribution in [-0.2, 0) is 14.3 Å².